The SMILES string of the molecule is CC1=C(c2cccc(Cl)c2)N=C2C=CN(c3cccc(F)c3CO)C[NH+]21. The molecular formula is C20H18ClFN3O+. The number of amidine groups is 1. The molecule has 2 aliphatic heterocycles. The Hall–Kier alpha value is -2.47. The number of fused-ring (bicyclic) bond motifs is 1. The number of aliphatic hydroxyl groups is 1. The summed E-state index contributed by atoms with van der Waals surface area (Å²) in [5.41, 5.74) is 3.93. The summed E-state index contributed by atoms with van der Waals surface area (Å²) in [7, 11) is 0. The van der Waals surface area contributed by atoms with Crippen LogP contribution in [0.3, 0.4) is 0 Å². The van der Waals surface area contributed by atoms with Crippen LogP contribution in [0.4, 0.5) is 10.1 Å². The van der Waals surface area contributed by atoms with E-state index in [4.69, 9.17) is 16.6 Å². The van der Waals surface area contributed by atoms with Crippen LogP contribution in [0.25, 0.3) is 5.70 Å². The molecule has 0 radical (unpaired) electrons. The lowest BCUT2D eigenvalue weighted by atomic mass is 10.1. The molecule has 2 aliphatic rings. The Morgan fingerprint density at radius 1 is 1.27 bits per heavy atom. The van der Waals surface area contributed by atoms with Crippen molar-refractivity contribution < 1.29 is 14.4 Å². The summed E-state index contributed by atoms with van der Waals surface area (Å²) in [6, 6.07) is 12.5. The predicted molar refractivity (Wildman–Crippen MR) is 101 cm³/mol. The molecule has 6 heteroatoms. The molecule has 0 saturated heterocycles. The Morgan fingerprint density at radius 3 is 2.85 bits per heavy atom. The molecule has 2 N–H and O–H groups in total. The number of allylic oxidation sites excluding steroid dienone is 1. The second kappa shape index (κ2) is 6.68. The van der Waals surface area contributed by atoms with Crippen LogP contribution in [0.15, 0.2) is 65.4 Å². The number of nitrogens with one attached hydrogen (secondary N) is 1. The van der Waals surface area contributed by atoms with Gasteiger partial charge in [-0.3, -0.25) is 4.90 Å². The zero-order valence-electron chi connectivity index (χ0n) is 14.2. The molecule has 0 fully saturated rings. The second-order valence-corrected chi connectivity index (χ2v) is 6.74. The van der Waals surface area contributed by atoms with Crippen molar-refractivity contribution in [1.82, 2.24) is 0 Å². The Morgan fingerprint density at radius 2 is 2.08 bits per heavy atom. The zero-order valence-corrected chi connectivity index (χ0v) is 15.0. The summed E-state index contributed by atoms with van der Waals surface area (Å²) in [6.07, 6.45) is 3.80. The van der Waals surface area contributed by atoms with Gasteiger partial charge < -0.3 is 5.11 Å². The fraction of sp³-hybridized carbons (Fsp3) is 0.150. The summed E-state index contributed by atoms with van der Waals surface area (Å²) < 4.78 is 14.0. The number of rotatable bonds is 3. The van der Waals surface area contributed by atoms with Gasteiger partial charge in [0, 0.05) is 35.3 Å². The van der Waals surface area contributed by atoms with E-state index in [0.29, 0.717) is 22.9 Å². The van der Waals surface area contributed by atoms with Gasteiger partial charge in [-0.2, -0.15) is 4.99 Å². The molecule has 1 atom stereocenters. The molecule has 2 aromatic carbocycles. The topological polar surface area (TPSA) is 40.3 Å². The monoisotopic (exact) mass is 370 g/mol. The summed E-state index contributed by atoms with van der Waals surface area (Å²) in [4.78, 5) is 7.79. The maximum atomic E-state index is 14.0. The molecule has 26 heavy (non-hydrogen) atoms. The molecule has 132 valence electrons. The number of benzene rings is 2. The third-order valence-electron chi connectivity index (χ3n) is 4.75. The number of anilines is 1. The van der Waals surface area contributed by atoms with Gasteiger partial charge in [-0.1, -0.05) is 29.8 Å². The molecule has 0 amide bonds. The van der Waals surface area contributed by atoms with Crippen molar-refractivity contribution in [2.24, 2.45) is 4.99 Å². The number of quaternary nitrogens is 1. The highest BCUT2D eigenvalue weighted by Crippen LogP contribution is 2.27. The van der Waals surface area contributed by atoms with Crippen molar-refractivity contribution in [2.75, 3.05) is 11.6 Å². The zero-order chi connectivity index (χ0) is 18.3. The first kappa shape index (κ1) is 17.0. The number of aliphatic hydroxyl groups excluding tert-OH is 1. The van der Waals surface area contributed by atoms with Crippen LogP contribution in [-0.2, 0) is 6.61 Å². The van der Waals surface area contributed by atoms with Gasteiger partial charge in [0.25, 0.3) is 0 Å². The fourth-order valence-corrected chi connectivity index (χ4v) is 3.57. The summed E-state index contributed by atoms with van der Waals surface area (Å²) in [6.45, 7) is 2.27. The van der Waals surface area contributed by atoms with Gasteiger partial charge >= 0.3 is 0 Å². The van der Waals surface area contributed by atoms with Crippen LogP contribution < -0.4 is 9.80 Å². The van der Waals surface area contributed by atoms with E-state index in [9.17, 15) is 9.50 Å². The number of nitrogens with zero attached hydrogens (tertiary/aromatic N) is 2. The third kappa shape index (κ3) is 2.84. The van der Waals surface area contributed by atoms with E-state index in [1.165, 1.54) is 6.07 Å². The molecule has 4 rings (SSSR count). The average Bonchev–Trinajstić information content (AvgIpc) is 2.98. The highest BCUT2D eigenvalue weighted by atomic mass is 35.5. The molecule has 0 saturated carbocycles. The van der Waals surface area contributed by atoms with E-state index in [-0.39, 0.29) is 6.61 Å². The highest BCUT2D eigenvalue weighted by Gasteiger charge is 2.33. The van der Waals surface area contributed by atoms with Gasteiger partial charge in [0.15, 0.2) is 6.67 Å². The van der Waals surface area contributed by atoms with Crippen molar-refractivity contribution >= 4 is 28.8 Å². The van der Waals surface area contributed by atoms with Crippen LogP contribution in [0.1, 0.15) is 18.1 Å². The Balaban J connectivity index is 1.69. The number of hydrogen-bond donors (Lipinski definition) is 2. The van der Waals surface area contributed by atoms with Gasteiger partial charge in [0.1, 0.15) is 17.2 Å². The molecule has 4 nitrogen and oxygen atoms in total. The highest BCUT2D eigenvalue weighted by molar-refractivity contribution is 6.30. The number of halogens is 2. The molecule has 0 aromatic heterocycles. The first-order valence-electron chi connectivity index (χ1n) is 8.33. The minimum absolute atomic E-state index is 0.299. The first-order chi connectivity index (χ1) is 12.6. The molecule has 2 heterocycles. The average molecular weight is 371 g/mol. The van der Waals surface area contributed by atoms with Gasteiger partial charge in [-0.05, 0) is 24.3 Å². The Kier molecular flexibility index (Phi) is 4.36. The van der Waals surface area contributed by atoms with Gasteiger partial charge in [-0.15, -0.1) is 0 Å². The quantitative estimate of drug-likeness (QED) is 0.872. The van der Waals surface area contributed by atoms with Gasteiger partial charge in [0.2, 0.25) is 5.84 Å². The smallest absolute Gasteiger partial charge is 0.234 e. The molecule has 1 unspecified atom stereocenters. The standard InChI is InChI=1S/C20H17ClFN3O/c1-13-20(14-4-2-5-15(21)10-14)23-19-8-9-24(12-25(13)19)18-7-3-6-17(22)16(18)11-26/h2-10,26H,11-12H2,1H3/p+1. The lowest BCUT2D eigenvalue weighted by Gasteiger charge is -2.29. The van der Waals surface area contributed by atoms with E-state index in [1.54, 1.807) is 6.07 Å². The first-order valence-corrected chi connectivity index (χ1v) is 8.71. The van der Waals surface area contributed by atoms with Crippen LogP contribution in [0.2, 0.25) is 5.02 Å². The van der Waals surface area contributed by atoms with Crippen molar-refractivity contribution in [3.63, 3.8) is 0 Å². The molecule has 2 aromatic rings. The second-order valence-electron chi connectivity index (χ2n) is 6.30. The van der Waals surface area contributed by atoms with Crippen molar-refractivity contribution in [3.8, 4) is 0 Å². The van der Waals surface area contributed by atoms with Crippen LogP contribution >= 0.6 is 11.6 Å². The lowest BCUT2D eigenvalue weighted by molar-refractivity contribution is -0.757. The van der Waals surface area contributed by atoms with E-state index < -0.39 is 5.82 Å². The minimum atomic E-state index is -0.402. The molecule has 0 aliphatic carbocycles. The van der Waals surface area contributed by atoms with E-state index in [2.05, 4.69) is 0 Å². The fourth-order valence-electron chi connectivity index (χ4n) is 3.38. The predicted octanol–water partition coefficient (Wildman–Crippen LogP) is 2.95. The van der Waals surface area contributed by atoms with Crippen LogP contribution in [0.5, 0.6) is 0 Å². The molecule has 0 bridgehead atoms. The van der Waals surface area contributed by atoms with Gasteiger partial charge in [0.05, 0.1) is 12.3 Å². The van der Waals surface area contributed by atoms with E-state index >= 15 is 0 Å². The Labute approximate surface area is 156 Å². The van der Waals surface area contributed by atoms with E-state index in [0.717, 1.165) is 27.7 Å². The maximum absolute atomic E-state index is 14.0. The minimum Gasteiger partial charge on any atom is -0.391 e. The summed E-state index contributed by atoms with van der Waals surface area (Å²) >= 11 is 6.12. The number of aliphatic imine (C=N–C) groups is 1. The van der Waals surface area contributed by atoms with Crippen LogP contribution in [-0.4, -0.2) is 17.6 Å². The Bertz CT molecular complexity index is 967. The maximum Gasteiger partial charge on any atom is 0.234 e. The summed E-state index contributed by atoms with van der Waals surface area (Å²) in [5.74, 6) is 0.511. The van der Waals surface area contributed by atoms with Crippen LogP contribution in [0, 0.1) is 5.82 Å². The lowest BCUT2D eigenvalue weighted by Crippen LogP contribution is -3.13. The normalized spacial score (nSPS) is 19.0. The van der Waals surface area contributed by atoms with Gasteiger partial charge in [-0.25, -0.2) is 9.29 Å². The van der Waals surface area contributed by atoms with E-state index in [1.807, 2.05) is 54.4 Å². The van der Waals surface area contributed by atoms with Crippen molar-refractivity contribution in [1.29, 1.82) is 0 Å². The third-order valence-corrected chi connectivity index (χ3v) is 4.98. The number of hydrogen-bond acceptors (Lipinski definition) is 3. The van der Waals surface area contributed by atoms with Crippen molar-refractivity contribution in [2.45, 2.75) is 13.5 Å². The molecular weight excluding hydrogens is 353 g/mol. The molecule has 0 spiro atoms. The largest absolute Gasteiger partial charge is 0.391 e. The summed E-state index contributed by atoms with van der Waals surface area (Å²) in [5, 5.41) is 10.2. The van der Waals surface area contributed by atoms with Crippen molar-refractivity contribution in [3.05, 3.63) is 82.4 Å².